The lowest BCUT2D eigenvalue weighted by Gasteiger charge is -2.25. The summed E-state index contributed by atoms with van der Waals surface area (Å²) in [4.78, 5) is 15.7. The number of carbonyl (C=O) groups excluding carboxylic acids is 1. The summed E-state index contributed by atoms with van der Waals surface area (Å²) < 4.78 is 0. The Morgan fingerprint density at radius 3 is 2.80 bits per heavy atom. The zero-order valence-electron chi connectivity index (χ0n) is 9.28. The molecule has 4 nitrogen and oxygen atoms in total. The van der Waals surface area contributed by atoms with Crippen LogP contribution in [0.15, 0.2) is 11.6 Å². The molecule has 0 fully saturated rings. The Morgan fingerprint density at radius 1 is 1.67 bits per heavy atom. The van der Waals surface area contributed by atoms with Gasteiger partial charge in [-0.15, -0.1) is 11.3 Å². The zero-order valence-corrected chi connectivity index (χ0v) is 10.1. The van der Waals surface area contributed by atoms with Gasteiger partial charge in [-0.1, -0.05) is 20.8 Å². The number of carbonyl (C=O) groups is 1. The van der Waals surface area contributed by atoms with Gasteiger partial charge >= 0.3 is 0 Å². The van der Waals surface area contributed by atoms with Crippen molar-refractivity contribution in [3.05, 3.63) is 16.6 Å². The SMILES string of the molecule is CC(C)(C)[C@@H](N)C(=O)NCc1nccs1. The highest BCUT2D eigenvalue weighted by molar-refractivity contribution is 7.09. The third-order valence-electron chi connectivity index (χ3n) is 2.11. The van der Waals surface area contributed by atoms with Crippen molar-refractivity contribution in [2.75, 3.05) is 0 Å². The molecular formula is C10H17N3OS. The standard InChI is InChI=1S/C10H17N3OS/c1-10(2,3)8(11)9(14)13-6-7-12-4-5-15-7/h4-5,8H,6,11H2,1-3H3,(H,13,14)/t8-/m0/s1. The predicted octanol–water partition coefficient (Wildman–Crippen LogP) is 1.13. The van der Waals surface area contributed by atoms with Gasteiger partial charge in [-0.05, 0) is 5.41 Å². The minimum atomic E-state index is -0.488. The minimum Gasteiger partial charge on any atom is -0.348 e. The Balaban J connectivity index is 2.43. The predicted molar refractivity (Wildman–Crippen MR) is 61.4 cm³/mol. The second-order valence-electron chi connectivity index (χ2n) is 4.49. The second-order valence-corrected chi connectivity index (χ2v) is 5.47. The van der Waals surface area contributed by atoms with Gasteiger partial charge in [0.2, 0.25) is 5.91 Å². The van der Waals surface area contributed by atoms with Crippen LogP contribution in [-0.2, 0) is 11.3 Å². The van der Waals surface area contributed by atoms with Crippen molar-refractivity contribution < 1.29 is 4.79 Å². The third-order valence-corrected chi connectivity index (χ3v) is 2.89. The topological polar surface area (TPSA) is 68.0 Å². The van der Waals surface area contributed by atoms with Gasteiger partial charge in [0, 0.05) is 11.6 Å². The first kappa shape index (κ1) is 12.1. The van der Waals surface area contributed by atoms with Crippen molar-refractivity contribution in [1.29, 1.82) is 0 Å². The van der Waals surface area contributed by atoms with Crippen LogP contribution in [0.5, 0.6) is 0 Å². The number of nitrogens with one attached hydrogen (secondary N) is 1. The molecule has 15 heavy (non-hydrogen) atoms. The average molecular weight is 227 g/mol. The Labute approximate surface area is 93.9 Å². The number of nitrogens with two attached hydrogens (primary N) is 1. The molecule has 1 aromatic rings. The molecule has 1 aromatic heterocycles. The highest BCUT2D eigenvalue weighted by atomic mass is 32.1. The van der Waals surface area contributed by atoms with E-state index < -0.39 is 6.04 Å². The Hall–Kier alpha value is -0.940. The number of amides is 1. The number of hydrogen-bond donors (Lipinski definition) is 2. The van der Waals surface area contributed by atoms with E-state index in [1.54, 1.807) is 6.20 Å². The van der Waals surface area contributed by atoms with Crippen LogP contribution in [0, 0.1) is 5.41 Å². The van der Waals surface area contributed by atoms with E-state index in [9.17, 15) is 4.79 Å². The van der Waals surface area contributed by atoms with Crippen LogP contribution in [0.25, 0.3) is 0 Å². The third kappa shape index (κ3) is 3.60. The quantitative estimate of drug-likeness (QED) is 0.813. The van der Waals surface area contributed by atoms with Gasteiger partial charge in [0.15, 0.2) is 0 Å². The molecule has 0 unspecified atom stereocenters. The molecule has 0 aliphatic heterocycles. The maximum absolute atomic E-state index is 11.6. The van der Waals surface area contributed by atoms with Crippen LogP contribution in [0.4, 0.5) is 0 Å². The van der Waals surface area contributed by atoms with Gasteiger partial charge in [-0.3, -0.25) is 4.79 Å². The number of nitrogens with zero attached hydrogens (tertiary/aromatic N) is 1. The first-order valence-electron chi connectivity index (χ1n) is 4.83. The van der Waals surface area contributed by atoms with E-state index in [1.165, 1.54) is 11.3 Å². The maximum Gasteiger partial charge on any atom is 0.237 e. The fourth-order valence-corrected chi connectivity index (χ4v) is 1.56. The highest BCUT2D eigenvalue weighted by Crippen LogP contribution is 2.17. The zero-order chi connectivity index (χ0) is 11.5. The summed E-state index contributed by atoms with van der Waals surface area (Å²) in [5, 5.41) is 5.55. The molecule has 0 spiro atoms. The van der Waals surface area contributed by atoms with Gasteiger partial charge < -0.3 is 11.1 Å². The molecule has 84 valence electrons. The van der Waals surface area contributed by atoms with Gasteiger partial charge in [0.25, 0.3) is 0 Å². The Kier molecular flexibility index (Phi) is 3.82. The molecule has 0 saturated carbocycles. The summed E-state index contributed by atoms with van der Waals surface area (Å²) in [7, 11) is 0. The maximum atomic E-state index is 11.6. The van der Waals surface area contributed by atoms with Crippen LogP contribution in [0.3, 0.4) is 0 Å². The molecule has 0 aliphatic carbocycles. The normalized spacial score (nSPS) is 13.6. The van der Waals surface area contributed by atoms with Gasteiger partial charge in [-0.25, -0.2) is 4.98 Å². The van der Waals surface area contributed by atoms with Gasteiger partial charge in [0.05, 0.1) is 12.6 Å². The smallest absolute Gasteiger partial charge is 0.237 e. The van der Waals surface area contributed by atoms with E-state index >= 15 is 0 Å². The lowest BCUT2D eigenvalue weighted by atomic mass is 9.87. The molecule has 0 saturated heterocycles. The summed E-state index contributed by atoms with van der Waals surface area (Å²) in [6.07, 6.45) is 1.72. The fourth-order valence-electron chi connectivity index (χ4n) is 1.01. The van der Waals surface area contributed by atoms with E-state index in [-0.39, 0.29) is 11.3 Å². The number of aromatic nitrogens is 1. The number of rotatable bonds is 3. The van der Waals surface area contributed by atoms with Crippen LogP contribution < -0.4 is 11.1 Å². The molecule has 1 atom stereocenters. The van der Waals surface area contributed by atoms with Crippen LogP contribution in [-0.4, -0.2) is 16.9 Å². The largest absolute Gasteiger partial charge is 0.348 e. The van der Waals surface area contributed by atoms with Crippen molar-refractivity contribution >= 4 is 17.2 Å². The lowest BCUT2D eigenvalue weighted by molar-refractivity contribution is -0.124. The summed E-state index contributed by atoms with van der Waals surface area (Å²) in [5.41, 5.74) is 5.59. The first-order valence-corrected chi connectivity index (χ1v) is 5.71. The summed E-state index contributed by atoms with van der Waals surface area (Å²) in [6.45, 7) is 6.29. The molecule has 1 amide bonds. The van der Waals surface area contributed by atoms with Gasteiger partial charge in [0.1, 0.15) is 5.01 Å². The van der Waals surface area contributed by atoms with E-state index in [0.717, 1.165) is 5.01 Å². The van der Waals surface area contributed by atoms with Gasteiger partial charge in [-0.2, -0.15) is 0 Å². The van der Waals surface area contributed by atoms with Crippen molar-refractivity contribution in [3.63, 3.8) is 0 Å². The van der Waals surface area contributed by atoms with E-state index in [0.29, 0.717) is 6.54 Å². The molecule has 0 bridgehead atoms. The number of thiazole rings is 1. The van der Waals surface area contributed by atoms with Crippen molar-refractivity contribution in [2.24, 2.45) is 11.1 Å². The highest BCUT2D eigenvalue weighted by Gasteiger charge is 2.27. The van der Waals surface area contributed by atoms with E-state index in [2.05, 4.69) is 10.3 Å². The van der Waals surface area contributed by atoms with Crippen LogP contribution in [0.2, 0.25) is 0 Å². The molecule has 0 radical (unpaired) electrons. The minimum absolute atomic E-state index is 0.127. The molecule has 0 aliphatic rings. The molecule has 1 rings (SSSR count). The Bertz CT molecular complexity index is 316. The monoisotopic (exact) mass is 227 g/mol. The summed E-state index contributed by atoms with van der Waals surface area (Å²) in [6, 6.07) is -0.488. The molecule has 0 aromatic carbocycles. The second kappa shape index (κ2) is 4.72. The number of hydrogen-bond acceptors (Lipinski definition) is 4. The summed E-state index contributed by atoms with van der Waals surface area (Å²) in [5.74, 6) is -0.127. The lowest BCUT2D eigenvalue weighted by Crippen LogP contribution is -2.48. The van der Waals surface area contributed by atoms with Crippen molar-refractivity contribution in [3.8, 4) is 0 Å². The van der Waals surface area contributed by atoms with Crippen LogP contribution in [0.1, 0.15) is 25.8 Å². The fraction of sp³-hybridized carbons (Fsp3) is 0.600. The molecular weight excluding hydrogens is 210 g/mol. The Morgan fingerprint density at radius 2 is 2.33 bits per heavy atom. The van der Waals surface area contributed by atoms with Crippen LogP contribution >= 0.6 is 11.3 Å². The van der Waals surface area contributed by atoms with Crippen molar-refractivity contribution in [1.82, 2.24) is 10.3 Å². The van der Waals surface area contributed by atoms with E-state index in [4.69, 9.17) is 5.73 Å². The first-order chi connectivity index (χ1) is 6.91. The van der Waals surface area contributed by atoms with Crippen molar-refractivity contribution in [2.45, 2.75) is 33.4 Å². The average Bonchev–Trinajstić information content (AvgIpc) is 2.63. The molecule has 1 heterocycles. The summed E-state index contributed by atoms with van der Waals surface area (Å²) >= 11 is 1.52. The molecule has 3 N–H and O–H groups in total. The van der Waals surface area contributed by atoms with E-state index in [1.807, 2.05) is 26.2 Å². The molecule has 5 heteroatoms.